The highest BCUT2D eigenvalue weighted by Crippen LogP contribution is 2.39. The van der Waals surface area contributed by atoms with Crippen LogP contribution in [0.25, 0.3) is 22.6 Å². The second-order valence-electron chi connectivity index (χ2n) is 11.7. The van der Waals surface area contributed by atoms with Gasteiger partial charge in [-0.3, -0.25) is 0 Å². The molecule has 0 bridgehead atoms. The first kappa shape index (κ1) is 30.1. The Balaban J connectivity index is 1.82. The second kappa shape index (κ2) is 14.7. The fourth-order valence-corrected chi connectivity index (χ4v) is 6.21. The molecule has 0 amide bonds. The number of esters is 1. The number of fused-ring (bicyclic) bond motifs is 1. The van der Waals surface area contributed by atoms with E-state index in [2.05, 4.69) is 73.8 Å². The van der Waals surface area contributed by atoms with Gasteiger partial charge in [0.05, 0.1) is 17.7 Å². The van der Waals surface area contributed by atoms with Gasteiger partial charge in [0.25, 0.3) is 0 Å². The van der Waals surface area contributed by atoms with Crippen molar-refractivity contribution in [2.45, 2.75) is 98.6 Å². The molecule has 1 fully saturated rings. The molecule has 1 heterocycles. The molecule has 40 heavy (non-hydrogen) atoms. The lowest BCUT2D eigenvalue weighted by Crippen LogP contribution is -2.16. The van der Waals surface area contributed by atoms with E-state index in [1.165, 1.54) is 84.5 Å². The summed E-state index contributed by atoms with van der Waals surface area (Å²) in [6.45, 7) is 12.2. The molecule has 0 spiro atoms. The number of allylic oxidation sites excluding steroid dienone is 1. The highest BCUT2D eigenvalue weighted by Gasteiger charge is 2.22. The third kappa shape index (κ3) is 7.26. The number of rotatable bonds is 13. The Labute approximate surface area is 242 Å². The molecule has 1 aliphatic carbocycles. The fourth-order valence-electron chi connectivity index (χ4n) is 6.21. The summed E-state index contributed by atoms with van der Waals surface area (Å²) < 4.78 is 7.95. The topological polar surface area (TPSA) is 34.5 Å². The number of aryl methyl sites for hydroxylation is 2. The average molecular weight is 543 g/mol. The number of aromatic nitrogens is 1. The van der Waals surface area contributed by atoms with E-state index in [1.807, 2.05) is 19.1 Å². The van der Waals surface area contributed by atoms with E-state index in [9.17, 15) is 4.79 Å². The first-order chi connectivity index (χ1) is 19.5. The standard InChI is InChI=1S/C36H50N2O2/c1-6-9-13-21-38-26-31(25-37(5)8-3)33-18-14-17-29(35(33)38)24-34(28-15-11-10-12-16-28)32-20-19-30(23-27(32)4)36(39)40-22-7-2/h14,17-20,23-24,26,28H,6-13,15-16,21-22,25H2,1-5H3/b34-24+. The molecule has 2 aromatic carbocycles. The summed E-state index contributed by atoms with van der Waals surface area (Å²) in [6.07, 6.45) is 15.8. The van der Waals surface area contributed by atoms with Crippen LogP contribution in [-0.4, -0.2) is 35.6 Å². The minimum absolute atomic E-state index is 0.223. The van der Waals surface area contributed by atoms with Crippen LogP contribution in [0.4, 0.5) is 0 Å². The summed E-state index contributed by atoms with van der Waals surface area (Å²) in [5, 5.41) is 1.37. The van der Waals surface area contributed by atoms with Gasteiger partial charge in [0.15, 0.2) is 0 Å². The third-order valence-corrected chi connectivity index (χ3v) is 8.56. The van der Waals surface area contributed by atoms with Gasteiger partial charge in [-0.05, 0) is 98.2 Å². The number of ether oxygens (including phenoxy) is 1. The van der Waals surface area contributed by atoms with Crippen molar-refractivity contribution in [3.63, 3.8) is 0 Å². The van der Waals surface area contributed by atoms with Crippen LogP contribution in [-0.2, 0) is 17.8 Å². The molecular weight excluding hydrogens is 492 g/mol. The molecule has 4 heteroatoms. The second-order valence-corrected chi connectivity index (χ2v) is 11.7. The molecule has 1 aromatic heterocycles. The number of nitrogens with zero attached hydrogens (tertiary/aromatic N) is 2. The molecule has 0 atom stereocenters. The molecule has 0 unspecified atom stereocenters. The number of benzene rings is 2. The molecule has 1 saturated carbocycles. The SMILES string of the molecule is CCCCCn1cc(CN(C)CC)c2cccc(/C=C(/c3ccc(C(=O)OCCC)cc3C)C3CCCCC3)c21. The zero-order chi connectivity index (χ0) is 28.5. The smallest absolute Gasteiger partial charge is 0.338 e. The van der Waals surface area contributed by atoms with Gasteiger partial charge in [0.2, 0.25) is 0 Å². The van der Waals surface area contributed by atoms with E-state index in [0.717, 1.165) is 31.6 Å². The van der Waals surface area contributed by atoms with Crippen molar-refractivity contribution in [3.05, 3.63) is 70.4 Å². The van der Waals surface area contributed by atoms with Crippen LogP contribution in [0, 0.1) is 12.8 Å². The van der Waals surface area contributed by atoms with Crippen molar-refractivity contribution in [2.75, 3.05) is 20.2 Å². The lowest BCUT2D eigenvalue weighted by Gasteiger charge is -2.26. The zero-order valence-corrected chi connectivity index (χ0v) is 25.6. The van der Waals surface area contributed by atoms with E-state index in [1.54, 1.807) is 0 Å². The lowest BCUT2D eigenvalue weighted by molar-refractivity contribution is 0.0505. The van der Waals surface area contributed by atoms with Gasteiger partial charge in [0.1, 0.15) is 0 Å². The summed E-state index contributed by atoms with van der Waals surface area (Å²) in [6, 6.07) is 13.0. The largest absolute Gasteiger partial charge is 0.462 e. The predicted octanol–water partition coefficient (Wildman–Crippen LogP) is 9.28. The maximum atomic E-state index is 12.6. The van der Waals surface area contributed by atoms with Gasteiger partial charge in [-0.15, -0.1) is 0 Å². The maximum absolute atomic E-state index is 12.6. The summed E-state index contributed by atoms with van der Waals surface area (Å²) >= 11 is 0. The number of unbranched alkanes of at least 4 members (excludes halogenated alkanes) is 2. The van der Waals surface area contributed by atoms with Crippen molar-refractivity contribution in [1.82, 2.24) is 9.47 Å². The summed E-state index contributed by atoms with van der Waals surface area (Å²) in [5.41, 5.74) is 8.58. The number of carbonyl (C=O) groups excluding carboxylic acids is 1. The van der Waals surface area contributed by atoms with Crippen molar-refractivity contribution in [3.8, 4) is 0 Å². The molecule has 4 nitrogen and oxygen atoms in total. The van der Waals surface area contributed by atoms with Gasteiger partial charge in [-0.25, -0.2) is 4.79 Å². The van der Waals surface area contributed by atoms with E-state index in [0.29, 0.717) is 18.1 Å². The molecule has 0 saturated heterocycles. The minimum atomic E-state index is -0.223. The van der Waals surface area contributed by atoms with Gasteiger partial charge in [0, 0.05) is 24.7 Å². The monoisotopic (exact) mass is 542 g/mol. The third-order valence-electron chi connectivity index (χ3n) is 8.56. The van der Waals surface area contributed by atoms with Crippen LogP contribution in [0.2, 0.25) is 0 Å². The first-order valence-corrected chi connectivity index (χ1v) is 15.8. The van der Waals surface area contributed by atoms with Crippen LogP contribution >= 0.6 is 0 Å². The Morgan fingerprint density at radius 3 is 2.55 bits per heavy atom. The van der Waals surface area contributed by atoms with Crippen molar-refractivity contribution < 1.29 is 9.53 Å². The Kier molecular flexibility index (Phi) is 11.1. The normalized spacial score (nSPS) is 14.8. The van der Waals surface area contributed by atoms with Crippen LogP contribution in [0.1, 0.15) is 111 Å². The van der Waals surface area contributed by atoms with Crippen LogP contribution in [0.5, 0.6) is 0 Å². The molecule has 0 radical (unpaired) electrons. The highest BCUT2D eigenvalue weighted by atomic mass is 16.5. The Bertz CT molecular complexity index is 1300. The van der Waals surface area contributed by atoms with Crippen LogP contribution < -0.4 is 0 Å². The summed E-state index contributed by atoms with van der Waals surface area (Å²) in [4.78, 5) is 15.0. The van der Waals surface area contributed by atoms with E-state index >= 15 is 0 Å². The van der Waals surface area contributed by atoms with Crippen molar-refractivity contribution >= 4 is 28.5 Å². The summed E-state index contributed by atoms with van der Waals surface area (Å²) in [7, 11) is 2.20. The van der Waals surface area contributed by atoms with Gasteiger partial charge >= 0.3 is 5.97 Å². The van der Waals surface area contributed by atoms with Gasteiger partial charge < -0.3 is 14.2 Å². The molecule has 4 rings (SSSR count). The number of hydrogen-bond donors (Lipinski definition) is 0. The molecule has 216 valence electrons. The minimum Gasteiger partial charge on any atom is -0.462 e. The molecule has 3 aromatic rings. The molecular formula is C36H50N2O2. The molecule has 0 aliphatic heterocycles. The Morgan fingerprint density at radius 2 is 1.85 bits per heavy atom. The quantitative estimate of drug-likeness (QED) is 0.123. The highest BCUT2D eigenvalue weighted by molar-refractivity contribution is 5.97. The maximum Gasteiger partial charge on any atom is 0.338 e. The van der Waals surface area contributed by atoms with Gasteiger partial charge in [-0.2, -0.15) is 0 Å². The van der Waals surface area contributed by atoms with E-state index in [4.69, 9.17) is 4.74 Å². The number of carbonyl (C=O) groups is 1. The first-order valence-electron chi connectivity index (χ1n) is 15.8. The van der Waals surface area contributed by atoms with E-state index < -0.39 is 0 Å². The average Bonchev–Trinajstić information content (AvgIpc) is 3.32. The summed E-state index contributed by atoms with van der Waals surface area (Å²) in [5.74, 6) is 0.314. The molecule has 1 aliphatic rings. The van der Waals surface area contributed by atoms with Gasteiger partial charge in [-0.1, -0.05) is 77.1 Å². The van der Waals surface area contributed by atoms with Crippen molar-refractivity contribution in [2.24, 2.45) is 5.92 Å². The van der Waals surface area contributed by atoms with E-state index in [-0.39, 0.29) is 5.97 Å². The van der Waals surface area contributed by atoms with Crippen LogP contribution in [0.3, 0.4) is 0 Å². The Hall–Kier alpha value is -2.85. The lowest BCUT2D eigenvalue weighted by atomic mass is 9.79. The van der Waals surface area contributed by atoms with Crippen LogP contribution in [0.15, 0.2) is 42.6 Å². The fraction of sp³-hybridized carbons (Fsp3) is 0.528. The Morgan fingerprint density at radius 1 is 1.05 bits per heavy atom. The zero-order valence-electron chi connectivity index (χ0n) is 25.6. The number of hydrogen-bond acceptors (Lipinski definition) is 3. The van der Waals surface area contributed by atoms with Crippen molar-refractivity contribution in [1.29, 1.82) is 0 Å². The molecule has 0 N–H and O–H groups in total. The number of para-hydroxylation sites is 1. The predicted molar refractivity (Wildman–Crippen MR) is 170 cm³/mol.